The van der Waals surface area contributed by atoms with Gasteiger partial charge in [0.15, 0.2) is 5.82 Å². The highest BCUT2D eigenvalue weighted by molar-refractivity contribution is 5.42. The van der Waals surface area contributed by atoms with E-state index in [1.807, 2.05) is 69.9 Å². The van der Waals surface area contributed by atoms with Crippen molar-refractivity contribution in [1.29, 1.82) is 5.26 Å². The van der Waals surface area contributed by atoms with Crippen molar-refractivity contribution in [3.8, 4) is 29.2 Å². The van der Waals surface area contributed by atoms with Gasteiger partial charge in [-0.25, -0.2) is 9.97 Å². The molecule has 0 spiro atoms. The third-order valence-corrected chi connectivity index (χ3v) is 5.10. The molecule has 5 aromatic rings. The molecule has 0 saturated carbocycles. The maximum absolute atomic E-state index is 8.81. The van der Waals surface area contributed by atoms with E-state index in [1.165, 1.54) is 0 Å². The monoisotopic (exact) mass is 469 g/mol. The molecule has 35 heavy (non-hydrogen) atoms. The summed E-state index contributed by atoms with van der Waals surface area (Å²) in [6.07, 6.45) is 7.02. The van der Waals surface area contributed by atoms with Crippen molar-refractivity contribution < 1.29 is 9.47 Å². The Morgan fingerprint density at radius 3 is 1.94 bits per heavy atom. The number of imidazole rings is 2. The van der Waals surface area contributed by atoms with E-state index >= 15 is 0 Å². The number of nitrogens with zero attached hydrogens (tertiary/aromatic N) is 8. The number of hydrogen-bond donors (Lipinski definition) is 1. The van der Waals surface area contributed by atoms with Crippen LogP contribution in [-0.2, 0) is 13.1 Å². The normalized spacial score (nSPS) is 10.2. The summed E-state index contributed by atoms with van der Waals surface area (Å²) in [5, 5.41) is 22.7. The zero-order valence-corrected chi connectivity index (χ0v) is 19.2. The Bertz CT molecular complexity index is 1370. The second kappa shape index (κ2) is 11.2. The van der Waals surface area contributed by atoms with Gasteiger partial charge < -0.3 is 18.6 Å². The fraction of sp³-hybridized carbons (Fsp3) is 0.167. The second-order valence-corrected chi connectivity index (χ2v) is 7.30. The van der Waals surface area contributed by atoms with Gasteiger partial charge in [-0.1, -0.05) is 24.3 Å². The Morgan fingerprint density at radius 2 is 1.40 bits per heavy atom. The summed E-state index contributed by atoms with van der Waals surface area (Å²) in [6.45, 7) is 1.33. The quantitative estimate of drug-likeness (QED) is 0.385. The van der Waals surface area contributed by atoms with Crippen molar-refractivity contribution in [3.63, 3.8) is 0 Å². The highest BCUT2D eigenvalue weighted by atomic mass is 16.5. The van der Waals surface area contributed by atoms with E-state index in [0.29, 0.717) is 30.6 Å². The lowest BCUT2D eigenvalue weighted by molar-refractivity contribution is 0.414. The summed E-state index contributed by atoms with van der Waals surface area (Å²) in [7, 11) is 3.29. The van der Waals surface area contributed by atoms with E-state index in [-0.39, 0.29) is 0 Å². The molecule has 2 aromatic carbocycles. The predicted octanol–water partition coefficient (Wildman–Crippen LogP) is 2.93. The Kier molecular flexibility index (Phi) is 7.45. The second-order valence-electron chi connectivity index (χ2n) is 7.30. The van der Waals surface area contributed by atoms with Gasteiger partial charge in [-0.2, -0.15) is 10.5 Å². The number of aromatic nitrogens is 8. The van der Waals surface area contributed by atoms with Crippen LogP contribution in [0.5, 0.6) is 11.5 Å². The number of hydrogen-bond acceptors (Lipinski definition) is 8. The minimum atomic E-state index is 0.427. The smallest absolute Gasteiger partial charge is 0.240 e. The van der Waals surface area contributed by atoms with Crippen molar-refractivity contribution in [2.75, 3.05) is 14.2 Å². The van der Waals surface area contributed by atoms with Gasteiger partial charge in [0.1, 0.15) is 17.6 Å². The molecule has 1 N–H and O–H groups in total. The fourth-order valence-electron chi connectivity index (χ4n) is 3.30. The van der Waals surface area contributed by atoms with Crippen molar-refractivity contribution in [1.82, 2.24) is 39.7 Å². The summed E-state index contributed by atoms with van der Waals surface area (Å²) >= 11 is 0. The molecule has 0 amide bonds. The molecule has 0 aliphatic rings. The van der Waals surface area contributed by atoms with E-state index in [2.05, 4.69) is 30.6 Å². The van der Waals surface area contributed by atoms with Gasteiger partial charge in [0.25, 0.3) is 0 Å². The zero-order chi connectivity index (χ0) is 24.5. The molecule has 0 saturated heterocycles. The van der Waals surface area contributed by atoms with Crippen LogP contribution in [0, 0.1) is 11.3 Å². The van der Waals surface area contributed by atoms with Crippen LogP contribution in [0.2, 0.25) is 0 Å². The van der Waals surface area contributed by atoms with Crippen molar-refractivity contribution >= 4 is 0 Å². The topological polar surface area (TPSA) is 132 Å². The minimum absolute atomic E-state index is 0.427. The van der Waals surface area contributed by atoms with Gasteiger partial charge >= 0.3 is 0 Å². The van der Waals surface area contributed by atoms with Gasteiger partial charge in [0.2, 0.25) is 11.6 Å². The predicted molar refractivity (Wildman–Crippen MR) is 127 cm³/mol. The van der Waals surface area contributed by atoms with Crippen molar-refractivity contribution in [2.45, 2.75) is 13.1 Å². The number of methoxy groups -OCH3 is 2. The van der Waals surface area contributed by atoms with Crippen molar-refractivity contribution in [3.05, 3.63) is 90.3 Å². The third-order valence-electron chi connectivity index (χ3n) is 5.10. The lowest BCUT2D eigenvalue weighted by Crippen LogP contribution is -2.02. The SMILES string of the molecule is COc1ccc(Cn2ccnc2-c2nn[nH]n2)cc1.COc1ccc(Cn2ccnc2C#N)cc1. The summed E-state index contributed by atoms with van der Waals surface area (Å²) < 4.78 is 14.0. The first-order valence-corrected chi connectivity index (χ1v) is 10.6. The van der Waals surface area contributed by atoms with Crippen LogP contribution in [0.25, 0.3) is 11.6 Å². The molecule has 3 aromatic heterocycles. The van der Waals surface area contributed by atoms with E-state index in [4.69, 9.17) is 14.7 Å². The molecular formula is C24H23N9O2. The number of aromatic amines is 1. The standard InChI is InChI=1S/C12H12N6O.C12H11N3O/c1-19-10-4-2-9(3-5-10)8-18-7-6-13-12(18)11-14-16-17-15-11;1-16-11-4-2-10(3-5-11)9-15-7-6-14-12(15)8-13/h2-7H,8H2,1H3,(H,14,15,16,17);2-7H,9H2,1H3. The average Bonchev–Trinajstić information content (AvgIpc) is 3.67. The molecule has 0 fully saturated rings. The summed E-state index contributed by atoms with van der Waals surface area (Å²) in [4.78, 5) is 8.18. The van der Waals surface area contributed by atoms with Gasteiger partial charge in [0, 0.05) is 37.9 Å². The van der Waals surface area contributed by atoms with Crippen LogP contribution in [0.15, 0.2) is 73.3 Å². The Hall–Kier alpha value is -4.98. The number of rotatable bonds is 7. The Morgan fingerprint density at radius 1 is 0.829 bits per heavy atom. The van der Waals surface area contributed by atoms with Crippen LogP contribution in [0.1, 0.15) is 17.0 Å². The summed E-state index contributed by atoms with van der Waals surface area (Å²) in [6, 6.07) is 17.7. The molecule has 5 rings (SSSR count). The fourth-order valence-corrected chi connectivity index (χ4v) is 3.30. The van der Waals surface area contributed by atoms with Crippen LogP contribution in [0.3, 0.4) is 0 Å². The maximum Gasteiger partial charge on any atom is 0.240 e. The molecule has 0 bridgehead atoms. The highest BCUT2D eigenvalue weighted by Gasteiger charge is 2.10. The van der Waals surface area contributed by atoms with Gasteiger partial charge in [0.05, 0.1) is 14.2 Å². The van der Waals surface area contributed by atoms with E-state index < -0.39 is 0 Å². The van der Waals surface area contributed by atoms with Crippen LogP contribution in [-0.4, -0.2) is 53.9 Å². The molecular weight excluding hydrogens is 446 g/mol. The average molecular weight is 470 g/mol. The molecule has 11 heteroatoms. The van der Waals surface area contributed by atoms with E-state index in [0.717, 1.165) is 22.6 Å². The first kappa shape index (κ1) is 23.2. The maximum atomic E-state index is 8.81. The zero-order valence-electron chi connectivity index (χ0n) is 19.2. The number of tetrazole rings is 1. The minimum Gasteiger partial charge on any atom is -0.497 e. The number of nitrogens with one attached hydrogen (secondary N) is 1. The molecule has 0 unspecified atom stereocenters. The van der Waals surface area contributed by atoms with Crippen LogP contribution >= 0.6 is 0 Å². The summed E-state index contributed by atoms with van der Waals surface area (Å²) in [5.41, 5.74) is 2.25. The van der Waals surface area contributed by atoms with Crippen LogP contribution < -0.4 is 9.47 Å². The number of ether oxygens (including phenoxy) is 2. The Labute approximate surface area is 201 Å². The molecule has 3 heterocycles. The number of benzene rings is 2. The number of nitriles is 1. The lowest BCUT2D eigenvalue weighted by Gasteiger charge is -2.06. The first-order valence-electron chi connectivity index (χ1n) is 10.6. The first-order chi connectivity index (χ1) is 17.2. The molecule has 176 valence electrons. The molecule has 11 nitrogen and oxygen atoms in total. The molecule has 0 aliphatic heterocycles. The van der Waals surface area contributed by atoms with Gasteiger partial charge in [-0.3, -0.25) is 0 Å². The molecule has 0 atom stereocenters. The number of H-pyrrole nitrogens is 1. The largest absolute Gasteiger partial charge is 0.497 e. The van der Waals surface area contributed by atoms with Gasteiger partial charge in [-0.15, -0.1) is 10.2 Å². The molecule has 0 aliphatic carbocycles. The molecule has 0 radical (unpaired) electrons. The van der Waals surface area contributed by atoms with E-state index in [1.54, 1.807) is 32.8 Å². The summed E-state index contributed by atoms with van der Waals surface area (Å²) in [5.74, 6) is 3.27. The third kappa shape index (κ3) is 5.88. The van der Waals surface area contributed by atoms with Crippen LogP contribution in [0.4, 0.5) is 0 Å². The lowest BCUT2D eigenvalue weighted by atomic mass is 10.2. The van der Waals surface area contributed by atoms with Gasteiger partial charge in [-0.05, 0) is 40.6 Å². The highest BCUT2D eigenvalue weighted by Crippen LogP contribution is 2.16. The van der Waals surface area contributed by atoms with E-state index in [9.17, 15) is 0 Å². The van der Waals surface area contributed by atoms with Crippen molar-refractivity contribution in [2.24, 2.45) is 0 Å². The Balaban J connectivity index is 0.000000168.